The van der Waals surface area contributed by atoms with Crippen molar-refractivity contribution < 1.29 is 8.42 Å². The lowest BCUT2D eigenvalue weighted by molar-refractivity contribution is 0.258. The first kappa shape index (κ1) is 11.5. The summed E-state index contributed by atoms with van der Waals surface area (Å²) >= 11 is 0. The number of rotatable bonds is 3. The molecule has 0 aromatic carbocycles. The molecule has 1 fully saturated rings. The largest absolute Gasteiger partial charge is 0.245 e. The summed E-state index contributed by atoms with van der Waals surface area (Å²) in [6.45, 7) is 4.48. The lowest BCUT2D eigenvalue weighted by atomic mass is 9.99. The Kier molecular flexibility index (Phi) is 2.94. The van der Waals surface area contributed by atoms with E-state index in [9.17, 15) is 8.42 Å². The van der Waals surface area contributed by atoms with Crippen molar-refractivity contribution in [2.24, 2.45) is 0 Å². The molecule has 0 atom stereocenters. The molecule has 1 aromatic heterocycles. The molecule has 0 aliphatic carbocycles. The third-order valence-electron chi connectivity index (χ3n) is 2.83. The van der Waals surface area contributed by atoms with E-state index in [1.165, 1.54) is 10.6 Å². The van der Waals surface area contributed by atoms with Gasteiger partial charge in [0.25, 0.3) is 0 Å². The molecule has 1 aliphatic rings. The lowest BCUT2D eigenvalue weighted by Gasteiger charge is -2.38. The van der Waals surface area contributed by atoms with Crippen molar-refractivity contribution in [2.45, 2.75) is 25.0 Å². The molecule has 88 valence electrons. The van der Waals surface area contributed by atoms with Gasteiger partial charge in [-0.05, 0) is 19.9 Å². The molecule has 2 heterocycles. The van der Waals surface area contributed by atoms with Gasteiger partial charge in [-0.3, -0.25) is 0 Å². The van der Waals surface area contributed by atoms with Crippen molar-refractivity contribution in [1.29, 1.82) is 0 Å². The Morgan fingerprint density at radius 3 is 2.62 bits per heavy atom. The van der Waals surface area contributed by atoms with Gasteiger partial charge < -0.3 is 0 Å². The van der Waals surface area contributed by atoms with Gasteiger partial charge in [-0.1, -0.05) is 0 Å². The van der Waals surface area contributed by atoms with Crippen LogP contribution in [0.2, 0.25) is 0 Å². The Bertz CT molecular complexity index is 452. The Balaban J connectivity index is 2.02. The minimum absolute atomic E-state index is 0.219. The summed E-state index contributed by atoms with van der Waals surface area (Å²) in [5.41, 5.74) is 0.921. The molecule has 0 unspecified atom stereocenters. The summed E-state index contributed by atoms with van der Waals surface area (Å²) in [5.74, 6) is 0.219. The predicted octanol–water partition coefficient (Wildman–Crippen LogP) is 0.614. The summed E-state index contributed by atoms with van der Waals surface area (Å²) in [4.78, 5) is 7.97. The van der Waals surface area contributed by atoms with Crippen LogP contribution in [0.1, 0.15) is 25.5 Å². The Labute approximate surface area is 95.6 Å². The van der Waals surface area contributed by atoms with Gasteiger partial charge in [0, 0.05) is 30.9 Å². The maximum atomic E-state index is 11.8. The van der Waals surface area contributed by atoms with E-state index in [4.69, 9.17) is 0 Å². The van der Waals surface area contributed by atoms with Crippen molar-refractivity contribution in [1.82, 2.24) is 14.3 Å². The maximum absolute atomic E-state index is 11.8. The fraction of sp³-hybridized carbons (Fsp3) is 0.600. The highest BCUT2D eigenvalue weighted by atomic mass is 32.2. The molecule has 6 heteroatoms. The molecule has 0 amide bonds. The van der Waals surface area contributed by atoms with Gasteiger partial charge >= 0.3 is 0 Å². The van der Waals surface area contributed by atoms with Gasteiger partial charge in [0.2, 0.25) is 10.0 Å². The van der Waals surface area contributed by atoms with Crippen LogP contribution in [0.15, 0.2) is 18.6 Å². The number of aromatic nitrogens is 2. The normalized spacial score (nSPS) is 18.7. The van der Waals surface area contributed by atoms with Gasteiger partial charge in [0.15, 0.2) is 0 Å². The van der Waals surface area contributed by atoms with E-state index in [1.807, 2.05) is 6.07 Å². The fourth-order valence-corrected chi connectivity index (χ4v) is 3.05. The zero-order valence-corrected chi connectivity index (χ0v) is 10.2. The van der Waals surface area contributed by atoms with Crippen molar-refractivity contribution in [3.05, 3.63) is 24.3 Å². The molecule has 5 nitrogen and oxygen atoms in total. The molecule has 2 rings (SSSR count). The van der Waals surface area contributed by atoms with Crippen LogP contribution in [0.4, 0.5) is 0 Å². The average molecular weight is 241 g/mol. The molecule has 0 spiro atoms. The molecule has 0 bridgehead atoms. The first-order chi connectivity index (χ1) is 7.51. The molecule has 0 radical (unpaired) electrons. The van der Waals surface area contributed by atoms with Crippen LogP contribution in [0.25, 0.3) is 0 Å². The standard InChI is InChI=1S/C10H15N3O2S/c1-8(2)16(14,15)13-5-9(6-13)10-3-4-11-7-12-10/h3-4,7-9H,5-6H2,1-2H3. The fourth-order valence-electron chi connectivity index (χ4n) is 1.67. The van der Waals surface area contributed by atoms with E-state index < -0.39 is 10.0 Å². The third-order valence-corrected chi connectivity index (χ3v) is 5.04. The average Bonchev–Trinajstić information content (AvgIpc) is 2.16. The van der Waals surface area contributed by atoms with E-state index in [0.29, 0.717) is 13.1 Å². The Hall–Kier alpha value is -1.01. The third kappa shape index (κ3) is 1.94. The summed E-state index contributed by atoms with van der Waals surface area (Å²) < 4.78 is 25.1. The summed E-state index contributed by atoms with van der Waals surface area (Å²) in [6.07, 6.45) is 3.18. The highest BCUT2D eigenvalue weighted by Gasteiger charge is 2.38. The second-order valence-electron chi connectivity index (χ2n) is 4.24. The van der Waals surface area contributed by atoms with Crippen molar-refractivity contribution in [3.63, 3.8) is 0 Å². The quantitative estimate of drug-likeness (QED) is 0.778. The van der Waals surface area contributed by atoms with Crippen LogP contribution in [0.3, 0.4) is 0 Å². The number of hydrogen-bond donors (Lipinski definition) is 0. The van der Waals surface area contributed by atoms with E-state index in [0.717, 1.165) is 5.69 Å². The van der Waals surface area contributed by atoms with E-state index in [1.54, 1.807) is 20.0 Å². The van der Waals surface area contributed by atoms with Crippen molar-refractivity contribution in [2.75, 3.05) is 13.1 Å². The smallest absolute Gasteiger partial charge is 0.216 e. The highest BCUT2D eigenvalue weighted by molar-refractivity contribution is 7.89. The van der Waals surface area contributed by atoms with E-state index >= 15 is 0 Å². The second kappa shape index (κ2) is 4.10. The summed E-state index contributed by atoms with van der Waals surface area (Å²) in [7, 11) is -3.09. The van der Waals surface area contributed by atoms with Crippen molar-refractivity contribution >= 4 is 10.0 Å². The van der Waals surface area contributed by atoms with E-state index in [2.05, 4.69) is 9.97 Å². The molecular weight excluding hydrogens is 226 g/mol. The van der Waals surface area contributed by atoms with Crippen LogP contribution in [-0.4, -0.2) is 41.0 Å². The van der Waals surface area contributed by atoms with Crippen LogP contribution in [0.5, 0.6) is 0 Å². The van der Waals surface area contributed by atoms with Gasteiger partial charge in [0.1, 0.15) is 6.33 Å². The topological polar surface area (TPSA) is 63.2 Å². The molecule has 1 saturated heterocycles. The molecule has 1 aliphatic heterocycles. The monoisotopic (exact) mass is 241 g/mol. The maximum Gasteiger partial charge on any atom is 0.216 e. The van der Waals surface area contributed by atoms with Gasteiger partial charge in [-0.2, -0.15) is 0 Å². The lowest BCUT2D eigenvalue weighted by Crippen LogP contribution is -2.50. The minimum Gasteiger partial charge on any atom is -0.245 e. The van der Waals surface area contributed by atoms with Gasteiger partial charge in [-0.25, -0.2) is 22.7 Å². The zero-order chi connectivity index (χ0) is 11.8. The van der Waals surface area contributed by atoms with Crippen molar-refractivity contribution in [3.8, 4) is 0 Å². The second-order valence-corrected chi connectivity index (χ2v) is 6.73. The molecule has 16 heavy (non-hydrogen) atoms. The number of hydrogen-bond acceptors (Lipinski definition) is 4. The van der Waals surface area contributed by atoms with E-state index in [-0.39, 0.29) is 11.2 Å². The summed E-state index contributed by atoms with van der Waals surface area (Å²) in [5, 5.41) is -0.348. The highest BCUT2D eigenvalue weighted by Crippen LogP contribution is 2.28. The van der Waals surface area contributed by atoms with Gasteiger partial charge in [0.05, 0.1) is 5.25 Å². The Morgan fingerprint density at radius 2 is 2.12 bits per heavy atom. The van der Waals surface area contributed by atoms with Crippen LogP contribution in [-0.2, 0) is 10.0 Å². The first-order valence-electron chi connectivity index (χ1n) is 5.26. The minimum atomic E-state index is -3.09. The van der Waals surface area contributed by atoms with Crippen LogP contribution >= 0.6 is 0 Å². The molecule has 1 aromatic rings. The van der Waals surface area contributed by atoms with Crippen LogP contribution in [0, 0.1) is 0 Å². The molecule has 0 N–H and O–H groups in total. The molecule has 0 saturated carbocycles. The van der Waals surface area contributed by atoms with Crippen LogP contribution < -0.4 is 0 Å². The summed E-state index contributed by atoms with van der Waals surface area (Å²) in [6, 6.07) is 1.84. The van der Waals surface area contributed by atoms with Gasteiger partial charge in [-0.15, -0.1) is 0 Å². The Morgan fingerprint density at radius 1 is 1.44 bits per heavy atom. The SMILES string of the molecule is CC(C)S(=O)(=O)N1CC(c2ccncn2)C1. The predicted molar refractivity (Wildman–Crippen MR) is 60.4 cm³/mol. The molecular formula is C10H15N3O2S. The first-order valence-corrected chi connectivity index (χ1v) is 6.77. The number of sulfonamides is 1. The number of nitrogens with zero attached hydrogens (tertiary/aromatic N) is 3. The zero-order valence-electron chi connectivity index (χ0n) is 9.37.